The smallest absolute Gasteiger partial charge is 0.417 e. The molecule has 3 heterocycles. The van der Waals surface area contributed by atoms with Crippen LogP contribution in [-0.2, 0) is 6.18 Å². The number of hydrogen-bond acceptors (Lipinski definition) is 3. The van der Waals surface area contributed by atoms with Crippen molar-refractivity contribution in [3.8, 4) is 17.1 Å². The van der Waals surface area contributed by atoms with E-state index in [0.29, 0.717) is 18.0 Å². The van der Waals surface area contributed by atoms with Gasteiger partial charge >= 0.3 is 6.18 Å². The summed E-state index contributed by atoms with van der Waals surface area (Å²) in [5, 5.41) is 0. The number of alkyl halides is 3. The number of rotatable bonds is 4. The van der Waals surface area contributed by atoms with Gasteiger partial charge in [0.25, 0.3) is 5.91 Å². The van der Waals surface area contributed by atoms with Crippen LogP contribution in [0, 0.1) is 12.8 Å². The first kappa shape index (κ1) is 20.6. The van der Waals surface area contributed by atoms with Crippen LogP contribution in [0.3, 0.4) is 0 Å². The molecule has 1 amide bonds. The van der Waals surface area contributed by atoms with Crippen molar-refractivity contribution in [3.63, 3.8) is 0 Å². The highest BCUT2D eigenvalue weighted by Crippen LogP contribution is 2.41. The molecule has 5 rings (SSSR count). The number of benzene rings is 1. The van der Waals surface area contributed by atoms with Crippen LogP contribution in [0.5, 0.6) is 5.88 Å². The van der Waals surface area contributed by atoms with Gasteiger partial charge in [0.15, 0.2) is 0 Å². The van der Waals surface area contributed by atoms with E-state index in [1.165, 1.54) is 6.07 Å². The molecule has 0 unspecified atom stereocenters. The number of carbonyl (C=O) groups is 1. The number of nitrogens with one attached hydrogen (secondary N) is 1. The molecule has 1 aromatic carbocycles. The number of ether oxygens (including phenoxy) is 1. The predicted octanol–water partition coefficient (Wildman–Crippen LogP) is 5.09. The Bertz CT molecular complexity index is 1130. The van der Waals surface area contributed by atoms with Gasteiger partial charge in [-0.25, -0.2) is 4.98 Å². The molecular formula is C24H22F3N3O2. The van der Waals surface area contributed by atoms with Crippen LogP contribution in [0.4, 0.5) is 13.2 Å². The number of piperidine rings is 1. The Hall–Kier alpha value is -3.29. The van der Waals surface area contributed by atoms with Crippen molar-refractivity contribution in [2.45, 2.75) is 38.1 Å². The molecule has 1 saturated heterocycles. The number of hydrogen-bond donors (Lipinski definition) is 1. The number of nitrogens with zero attached hydrogens (tertiary/aromatic N) is 2. The quantitative estimate of drug-likeness (QED) is 0.614. The average Bonchev–Trinajstić information content (AvgIpc) is 3.50. The third kappa shape index (κ3) is 3.63. The highest BCUT2D eigenvalue weighted by molar-refractivity contribution is 6.01. The third-order valence-corrected chi connectivity index (χ3v) is 6.39. The van der Waals surface area contributed by atoms with Crippen molar-refractivity contribution in [2.75, 3.05) is 6.54 Å². The summed E-state index contributed by atoms with van der Waals surface area (Å²) >= 11 is 0. The lowest BCUT2D eigenvalue weighted by Crippen LogP contribution is -2.47. The fourth-order valence-electron chi connectivity index (χ4n) is 4.94. The molecule has 32 heavy (non-hydrogen) atoms. The molecule has 1 N–H and O–H groups in total. The lowest BCUT2D eigenvalue weighted by molar-refractivity contribution is -0.137. The highest BCUT2D eigenvalue weighted by atomic mass is 19.4. The molecule has 0 spiro atoms. The average molecular weight is 441 g/mol. The van der Waals surface area contributed by atoms with Gasteiger partial charge in [0, 0.05) is 41.8 Å². The van der Waals surface area contributed by atoms with Crippen molar-refractivity contribution in [1.82, 2.24) is 14.9 Å². The van der Waals surface area contributed by atoms with Crippen LogP contribution in [-0.4, -0.2) is 39.5 Å². The molecule has 0 radical (unpaired) electrons. The van der Waals surface area contributed by atoms with E-state index in [-0.39, 0.29) is 23.9 Å². The topological polar surface area (TPSA) is 58.2 Å². The van der Waals surface area contributed by atoms with E-state index in [9.17, 15) is 18.0 Å². The Morgan fingerprint density at radius 1 is 1.16 bits per heavy atom. The molecule has 8 heteroatoms. The molecule has 2 aliphatic rings. The molecule has 2 aromatic heterocycles. The molecule has 3 aromatic rings. The van der Waals surface area contributed by atoms with Gasteiger partial charge in [0.2, 0.25) is 5.88 Å². The Morgan fingerprint density at radius 3 is 2.66 bits per heavy atom. The standard InChI is InChI=1S/C24H22F3N3O2/c1-14-4-2-5-17(22(14)18-6-3-9-28-18)23(31)30-13-15-10-19(30)20(11-15)32-21-8-7-16(12-29-21)24(25,26)27/h2-9,12,15,19-20,28H,10-11,13H2,1H3/t15-,19+,20-/m1/s1. The lowest BCUT2D eigenvalue weighted by Gasteiger charge is -2.33. The number of fused-ring (bicyclic) bond motifs is 2. The van der Waals surface area contributed by atoms with E-state index in [2.05, 4.69) is 9.97 Å². The summed E-state index contributed by atoms with van der Waals surface area (Å²) in [4.78, 5) is 22.4. The number of aromatic amines is 1. The van der Waals surface area contributed by atoms with Gasteiger partial charge < -0.3 is 14.6 Å². The fraction of sp³-hybridized carbons (Fsp3) is 0.333. The first-order valence-corrected chi connectivity index (χ1v) is 10.6. The van der Waals surface area contributed by atoms with Gasteiger partial charge in [-0.3, -0.25) is 4.79 Å². The minimum Gasteiger partial charge on any atom is -0.472 e. The minimum atomic E-state index is -4.44. The summed E-state index contributed by atoms with van der Waals surface area (Å²) < 4.78 is 44.3. The van der Waals surface area contributed by atoms with Crippen molar-refractivity contribution in [2.24, 2.45) is 5.92 Å². The van der Waals surface area contributed by atoms with E-state index < -0.39 is 11.7 Å². The number of amides is 1. The van der Waals surface area contributed by atoms with Crippen molar-refractivity contribution in [1.29, 1.82) is 0 Å². The summed E-state index contributed by atoms with van der Waals surface area (Å²) in [6, 6.07) is 11.6. The summed E-state index contributed by atoms with van der Waals surface area (Å²) in [7, 11) is 0. The predicted molar refractivity (Wildman–Crippen MR) is 112 cm³/mol. The van der Waals surface area contributed by atoms with E-state index in [4.69, 9.17) is 4.74 Å². The normalized spacial score (nSPS) is 22.4. The molecule has 1 aliphatic carbocycles. The van der Waals surface area contributed by atoms with Gasteiger partial charge in [-0.2, -0.15) is 13.2 Å². The number of aromatic nitrogens is 2. The van der Waals surface area contributed by atoms with Crippen molar-refractivity contribution < 1.29 is 22.7 Å². The van der Waals surface area contributed by atoms with E-state index in [1.54, 1.807) is 0 Å². The Labute approximate surface area is 183 Å². The van der Waals surface area contributed by atoms with Gasteiger partial charge in [-0.15, -0.1) is 0 Å². The maximum Gasteiger partial charge on any atom is 0.417 e. The monoisotopic (exact) mass is 441 g/mol. The Balaban J connectivity index is 1.37. The number of H-pyrrole nitrogens is 1. The van der Waals surface area contributed by atoms with Gasteiger partial charge in [-0.1, -0.05) is 12.1 Å². The summed E-state index contributed by atoms with van der Waals surface area (Å²) in [6.07, 6.45) is -0.544. The van der Waals surface area contributed by atoms with Crippen molar-refractivity contribution in [3.05, 3.63) is 71.5 Å². The van der Waals surface area contributed by atoms with Crippen LogP contribution in [0.25, 0.3) is 11.3 Å². The third-order valence-electron chi connectivity index (χ3n) is 6.39. The van der Waals surface area contributed by atoms with Gasteiger partial charge in [-0.05, 0) is 55.5 Å². The molecule has 3 atom stereocenters. The van der Waals surface area contributed by atoms with Gasteiger partial charge in [0.05, 0.1) is 11.6 Å². The molecule has 1 saturated carbocycles. The second kappa shape index (κ2) is 7.69. The molecule has 2 fully saturated rings. The number of pyridine rings is 1. The number of likely N-dealkylation sites (tertiary alicyclic amines) is 1. The molecule has 5 nitrogen and oxygen atoms in total. The summed E-state index contributed by atoms with van der Waals surface area (Å²) in [5.41, 5.74) is 2.59. The SMILES string of the molecule is Cc1cccc(C(=O)N2C[C@H]3C[C@@H](Oc4ccc(C(F)(F)F)cn4)[C@@H]2C3)c1-c1ccc[nH]1. The number of carbonyl (C=O) groups excluding carboxylic acids is 1. The summed E-state index contributed by atoms with van der Waals surface area (Å²) in [6.45, 7) is 2.63. The van der Waals surface area contributed by atoms with Crippen LogP contribution < -0.4 is 4.74 Å². The summed E-state index contributed by atoms with van der Waals surface area (Å²) in [5.74, 6) is 0.396. The highest BCUT2D eigenvalue weighted by Gasteiger charge is 2.48. The second-order valence-corrected chi connectivity index (χ2v) is 8.48. The van der Waals surface area contributed by atoms with Gasteiger partial charge in [0.1, 0.15) is 6.10 Å². The van der Waals surface area contributed by atoms with Crippen molar-refractivity contribution >= 4 is 5.91 Å². The molecule has 1 aliphatic heterocycles. The van der Waals surface area contributed by atoms with E-state index in [0.717, 1.165) is 41.9 Å². The first-order chi connectivity index (χ1) is 15.3. The van der Waals surface area contributed by atoms with Crippen LogP contribution in [0.1, 0.15) is 34.3 Å². The minimum absolute atomic E-state index is 0.0560. The Morgan fingerprint density at radius 2 is 2.00 bits per heavy atom. The van der Waals surface area contributed by atoms with E-state index in [1.807, 2.05) is 48.4 Å². The molecule has 2 bridgehead atoms. The zero-order valence-electron chi connectivity index (χ0n) is 17.4. The van der Waals surface area contributed by atoms with Crippen LogP contribution in [0.15, 0.2) is 54.9 Å². The maximum absolute atomic E-state index is 13.6. The Kier molecular flexibility index (Phi) is 4.95. The lowest BCUT2D eigenvalue weighted by atomic mass is 9.97. The largest absolute Gasteiger partial charge is 0.472 e. The molecule has 166 valence electrons. The first-order valence-electron chi connectivity index (χ1n) is 10.6. The van der Waals surface area contributed by atoms with E-state index >= 15 is 0 Å². The zero-order chi connectivity index (χ0) is 22.5. The fourth-order valence-corrected chi connectivity index (χ4v) is 4.94. The number of halogens is 3. The van der Waals surface area contributed by atoms with Crippen LogP contribution >= 0.6 is 0 Å². The number of aryl methyl sites for hydroxylation is 1. The van der Waals surface area contributed by atoms with Crippen LogP contribution in [0.2, 0.25) is 0 Å². The second-order valence-electron chi connectivity index (χ2n) is 8.48. The maximum atomic E-state index is 13.6. The zero-order valence-corrected chi connectivity index (χ0v) is 17.4. The molecular weight excluding hydrogens is 419 g/mol.